The third kappa shape index (κ3) is 3.24. The van der Waals surface area contributed by atoms with E-state index in [-0.39, 0.29) is 17.4 Å². The minimum atomic E-state index is -4.94. The number of carbonyl (C=O) groups is 1. The van der Waals surface area contributed by atoms with E-state index < -0.39 is 37.3 Å². The van der Waals surface area contributed by atoms with Crippen molar-refractivity contribution in [3.05, 3.63) is 23.8 Å². The molecule has 2 nitrogen and oxygen atoms in total. The Morgan fingerprint density at radius 1 is 1.24 bits per heavy atom. The van der Waals surface area contributed by atoms with E-state index in [2.05, 4.69) is 4.74 Å². The smallest absolute Gasteiger partial charge is 0.343 e. The van der Waals surface area contributed by atoms with E-state index in [1.807, 2.05) is 6.08 Å². The summed E-state index contributed by atoms with van der Waals surface area (Å²) < 4.78 is 80.3. The minimum Gasteiger partial charge on any atom is -0.456 e. The molecule has 0 fully saturated rings. The molecule has 0 spiro atoms. The number of halogens is 6. The Hall–Kier alpha value is -1.47. The van der Waals surface area contributed by atoms with Crippen molar-refractivity contribution in [3.63, 3.8) is 0 Å². The summed E-state index contributed by atoms with van der Waals surface area (Å²) in [5.41, 5.74) is 0.149. The third-order valence-electron chi connectivity index (χ3n) is 3.48. The van der Waals surface area contributed by atoms with Crippen molar-refractivity contribution in [1.82, 2.24) is 0 Å². The standard InChI is InChI=1S/C13H12F6O2/c14-10(15)5-12(16,17)13(18,19)6-21-11(20)9-4-7-1-2-8(9)3-7/h1-2,4,7-8,10H,3,5-6H2. The molecule has 0 N–H and O–H groups in total. The molecule has 2 aliphatic carbocycles. The maximum atomic E-state index is 13.2. The molecule has 0 amide bonds. The predicted octanol–water partition coefficient (Wildman–Crippen LogP) is 3.59. The van der Waals surface area contributed by atoms with Crippen LogP contribution in [0.25, 0.3) is 0 Å². The van der Waals surface area contributed by atoms with Gasteiger partial charge in [-0.2, -0.15) is 17.6 Å². The molecule has 0 aliphatic heterocycles. The van der Waals surface area contributed by atoms with Crippen molar-refractivity contribution in [3.8, 4) is 0 Å². The molecule has 2 atom stereocenters. The lowest BCUT2D eigenvalue weighted by atomic mass is 10.0. The van der Waals surface area contributed by atoms with Crippen molar-refractivity contribution >= 4 is 5.97 Å². The molecular formula is C13H12F6O2. The maximum absolute atomic E-state index is 13.2. The van der Waals surface area contributed by atoms with Crippen molar-refractivity contribution in [2.24, 2.45) is 11.8 Å². The van der Waals surface area contributed by atoms with E-state index in [1.165, 1.54) is 6.08 Å². The lowest BCUT2D eigenvalue weighted by Gasteiger charge is -2.26. The largest absolute Gasteiger partial charge is 0.456 e. The quantitative estimate of drug-likeness (QED) is 0.425. The molecule has 0 aromatic heterocycles. The van der Waals surface area contributed by atoms with Crippen LogP contribution in [0.4, 0.5) is 26.3 Å². The van der Waals surface area contributed by atoms with Gasteiger partial charge in [-0.3, -0.25) is 0 Å². The van der Waals surface area contributed by atoms with Crippen LogP contribution in [0.2, 0.25) is 0 Å². The number of allylic oxidation sites excluding steroid dienone is 3. The Kier molecular flexibility index (Phi) is 4.08. The van der Waals surface area contributed by atoms with Crippen LogP contribution in [0.3, 0.4) is 0 Å². The molecule has 0 aromatic carbocycles. The number of rotatable bonds is 6. The van der Waals surface area contributed by atoms with Crippen LogP contribution in [-0.2, 0) is 9.53 Å². The molecule has 8 heteroatoms. The summed E-state index contributed by atoms with van der Waals surface area (Å²) in [6.45, 7) is -1.93. The van der Waals surface area contributed by atoms with Gasteiger partial charge in [-0.25, -0.2) is 13.6 Å². The van der Waals surface area contributed by atoms with Crippen LogP contribution >= 0.6 is 0 Å². The molecule has 21 heavy (non-hydrogen) atoms. The molecule has 118 valence electrons. The molecule has 2 aliphatic rings. The SMILES string of the molecule is O=C(OCC(F)(F)C(F)(F)CC(F)F)C1=CC2C=CC1C2. The summed E-state index contributed by atoms with van der Waals surface area (Å²) in [6.07, 6.45) is -0.157. The van der Waals surface area contributed by atoms with Gasteiger partial charge in [0.15, 0.2) is 6.61 Å². The normalized spacial score (nSPS) is 24.6. The van der Waals surface area contributed by atoms with Crippen molar-refractivity contribution in [2.75, 3.05) is 6.61 Å². The Morgan fingerprint density at radius 3 is 2.38 bits per heavy atom. The fourth-order valence-corrected chi connectivity index (χ4v) is 2.34. The minimum absolute atomic E-state index is 0.0262. The summed E-state index contributed by atoms with van der Waals surface area (Å²) in [4.78, 5) is 11.6. The average molecular weight is 314 g/mol. The van der Waals surface area contributed by atoms with Gasteiger partial charge in [-0.05, 0) is 12.3 Å². The Bertz CT molecular complexity index is 483. The Balaban J connectivity index is 1.92. The topological polar surface area (TPSA) is 26.3 Å². The first-order valence-corrected chi connectivity index (χ1v) is 6.23. The second-order valence-electron chi connectivity index (χ2n) is 5.09. The van der Waals surface area contributed by atoms with Crippen LogP contribution in [0.15, 0.2) is 23.8 Å². The summed E-state index contributed by atoms with van der Waals surface area (Å²) in [5.74, 6) is -11.1. The Labute approximate surface area is 116 Å². The first-order chi connectivity index (χ1) is 9.62. The lowest BCUT2D eigenvalue weighted by molar-refractivity contribution is -0.242. The number of hydrogen-bond acceptors (Lipinski definition) is 2. The molecular weight excluding hydrogens is 302 g/mol. The highest BCUT2D eigenvalue weighted by Crippen LogP contribution is 2.41. The molecule has 0 aromatic rings. The highest BCUT2D eigenvalue weighted by atomic mass is 19.3. The fourth-order valence-electron chi connectivity index (χ4n) is 2.34. The van der Waals surface area contributed by atoms with E-state index in [0.717, 1.165) is 0 Å². The zero-order valence-electron chi connectivity index (χ0n) is 10.7. The van der Waals surface area contributed by atoms with Gasteiger partial charge in [0, 0.05) is 11.5 Å². The van der Waals surface area contributed by atoms with Gasteiger partial charge in [-0.15, -0.1) is 0 Å². The highest BCUT2D eigenvalue weighted by Gasteiger charge is 2.58. The van der Waals surface area contributed by atoms with E-state index >= 15 is 0 Å². The van der Waals surface area contributed by atoms with E-state index in [4.69, 9.17) is 0 Å². The van der Waals surface area contributed by atoms with Gasteiger partial charge in [-0.1, -0.05) is 18.2 Å². The summed E-state index contributed by atoms with van der Waals surface area (Å²) >= 11 is 0. The fraction of sp³-hybridized carbons (Fsp3) is 0.615. The summed E-state index contributed by atoms with van der Waals surface area (Å²) in [7, 11) is 0. The lowest BCUT2D eigenvalue weighted by Crippen LogP contribution is -2.46. The second kappa shape index (κ2) is 5.38. The number of esters is 1. The van der Waals surface area contributed by atoms with Crippen molar-refractivity contribution in [2.45, 2.75) is 31.1 Å². The number of ether oxygens (including phenoxy) is 1. The van der Waals surface area contributed by atoms with Gasteiger partial charge in [0.25, 0.3) is 0 Å². The molecule has 2 rings (SSSR count). The molecule has 0 heterocycles. The number of alkyl halides is 6. The van der Waals surface area contributed by atoms with E-state index in [0.29, 0.717) is 6.42 Å². The van der Waals surface area contributed by atoms with Crippen LogP contribution < -0.4 is 0 Å². The first kappa shape index (κ1) is 15.9. The van der Waals surface area contributed by atoms with Gasteiger partial charge < -0.3 is 4.74 Å². The number of fused-ring (bicyclic) bond motifs is 2. The first-order valence-electron chi connectivity index (χ1n) is 6.23. The molecule has 0 saturated carbocycles. The van der Waals surface area contributed by atoms with Crippen LogP contribution in [0.5, 0.6) is 0 Å². The third-order valence-corrected chi connectivity index (χ3v) is 3.48. The average Bonchev–Trinajstić information content (AvgIpc) is 2.96. The molecule has 0 radical (unpaired) electrons. The number of hydrogen-bond donors (Lipinski definition) is 0. The van der Waals surface area contributed by atoms with Gasteiger partial charge in [0.1, 0.15) is 0 Å². The highest BCUT2D eigenvalue weighted by molar-refractivity contribution is 5.90. The van der Waals surface area contributed by atoms with Gasteiger partial charge in [0.05, 0.1) is 6.42 Å². The van der Waals surface area contributed by atoms with E-state index in [1.54, 1.807) is 6.08 Å². The zero-order valence-corrected chi connectivity index (χ0v) is 10.7. The van der Waals surface area contributed by atoms with Gasteiger partial charge >= 0.3 is 17.8 Å². The van der Waals surface area contributed by atoms with Crippen LogP contribution in [0.1, 0.15) is 12.8 Å². The maximum Gasteiger partial charge on any atom is 0.343 e. The molecule has 2 bridgehead atoms. The Morgan fingerprint density at radius 2 is 1.90 bits per heavy atom. The van der Waals surface area contributed by atoms with Gasteiger partial charge in [0.2, 0.25) is 6.43 Å². The van der Waals surface area contributed by atoms with Crippen LogP contribution in [-0.4, -0.2) is 30.8 Å². The van der Waals surface area contributed by atoms with Crippen LogP contribution in [0, 0.1) is 11.8 Å². The van der Waals surface area contributed by atoms with E-state index in [9.17, 15) is 31.1 Å². The second-order valence-corrected chi connectivity index (χ2v) is 5.09. The molecule has 0 saturated heterocycles. The monoisotopic (exact) mass is 314 g/mol. The number of carbonyl (C=O) groups excluding carboxylic acids is 1. The summed E-state index contributed by atoms with van der Waals surface area (Å²) in [6, 6.07) is 0. The summed E-state index contributed by atoms with van der Waals surface area (Å²) in [5, 5.41) is 0. The predicted molar refractivity (Wildman–Crippen MR) is 60.3 cm³/mol. The van der Waals surface area contributed by atoms with Crippen molar-refractivity contribution in [1.29, 1.82) is 0 Å². The molecule has 2 unspecified atom stereocenters. The zero-order chi connectivity index (χ0) is 15.8. The van der Waals surface area contributed by atoms with Crippen molar-refractivity contribution < 1.29 is 35.9 Å².